The Labute approximate surface area is 218 Å². The number of halogens is 2. The third kappa shape index (κ3) is 7.63. The van der Waals surface area contributed by atoms with Crippen LogP contribution in [0, 0.1) is 3.57 Å². The number of hydrogen-bond donors (Lipinski definition) is 1. The van der Waals surface area contributed by atoms with Crippen LogP contribution in [0.1, 0.15) is 41.8 Å². The molecule has 0 bridgehead atoms. The summed E-state index contributed by atoms with van der Waals surface area (Å²) in [4.78, 5) is 12.4. The Morgan fingerprint density at radius 2 is 1.76 bits per heavy atom. The molecule has 0 saturated carbocycles. The molecule has 8 heteroatoms. The third-order valence-corrected chi connectivity index (χ3v) is 5.60. The lowest BCUT2D eigenvalue weighted by Crippen LogP contribution is -2.17. The molecule has 3 rings (SSSR count). The summed E-state index contributed by atoms with van der Waals surface area (Å²) in [6, 6.07) is 18.4. The van der Waals surface area contributed by atoms with E-state index in [2.05, 4.69) is 33.1 Å². The average molecular weight is 593 g/mol. The van der Waals surface area contributed by atoms with Crippen LogP contribution in [0.15, 0.2) is 65.8 Å². The highest BCUT2D eigenvalue weighted by Crippen LogP contribution is 2.37. The van der Waals surface area contributed by atoms with Crippen molar-refractivity contribution in [2.45, 2.75) is 26.9 Å². The second-order valence-electron chi connectivity index (χ2n) is 7.25. The Kier molecular flexibility index (Phi) is 10.0. The number of ether oxygens (including phenoxy) is 3. The lowest BCUT2D eigenvalue weighted by molar-refractivity contribution is 0.0955. The first-order chi connectivity index (χ1) is 16.5. The zero-order valence-corrected chi connectivity index (χ0v) is 21.9. The molecule has 0 aromatic heterocycles. The summed E-state index contributed by atoms with van der Waals surface area (Å²) in [6.07, 6.45) is 2.43. The van der Waals surface area contributed by atoms with Crippen molar-refractivity contribution in [1.82, 2.24) is 5.43 Å². The molecule has 0 fully saturated rings. The van der Waals surface area contributed by atoms with Crippen molar-refractivity contribution >= 4 is 46.3 Å². The molecule has 0 saturated heterocycles. The molecule has 0 unspecified atom stereocenters. The molecule has 178 valence electrons. The number of rotatable bonds is 11. The number of carbonyl (C=O) groups excluding carboxylic acids is 1. The van der Waals surface area contributed by atoms with Crippen molar-refractivity contribution in [2.75, 3.05) is 13.2 Å². The monoisotopic (exact) mass is 592 g/mol. The van der Waals surface area contributed by atoms with Crippen molar-refractivity contribution in [2.24, 2.45) is 5.10 Å². The Balaban J connectivity index is 1.65. The van der Waals surface area contributed by atoms with Gasteiger partial charge in [-0.25, -0.2) is 5.43 Å². The van der Waals surface area contributed by atoms with E-state index in [0.29, 0.717) is 47.5 Å². The number of nitrogens with zero attached hydrogens (tertiary/aromatic N) is 1. The number of carbonyl (C=O) groups is 1. The summed E-state index contributed by atoms with van der Waals surface area (Å²) >= 11 is 8.74. The number of nitrogens with one attached hydrogen (secondary N) is 1. The average Bonchev–Trinajstić information content (AvgIpc) is 2.84. The van der Waals surface area contributed by atoms with E-state index in [1.54, 1.807) is 36.4 Å². The number of hydrogen-bond acceptors (Lipinski definition) is 5. The summed E-state index contributed by atoms with van der Waals surface area (Å²) < 4.78 is 18.4. The number of benzene rings is 3. The van der Waals surface area contributed by atoms with Gasteiger partial charge in [-0.2, -0.15) is 5.10 Å². The summed E-state index contributed by atoms with van der Waals surface area (Å²) in [5, 5.41) is 4.45. The standard InChI is InChI=1S/C26H26ClIN2O4/c1-3-13-33-22-11-7-20(8-12-22)26(31)30-29-16-19-14-23(27)25(24(15-19)32-4-2)34-17-18-5-9-21(28)10-6-18/h5-12,14-16H,3-4,13,17H2,1-2H3,(H,30,31)/b29-16+. The molecular formula is C26H26ClIN2O4. The van der Waals surface area contributed by atoms with Crippen LogP contribution in [0.4, 0.5) is 0 Å². The van der Waals surface area contributed by atoms with Gasteiger partial charge < -0.3 is 14.2 Å². The molecule has 0 radical (unpaired) electrons. The van der Waals surface area contributed by atoms with Gasteiger partial charge >= 0.3 is 0 Å². The SMILES string of the molecule is CCCOc1ccc(C(=O)N/N=C/c2cc(Cl)c(OCc3ccc(I)cc3)c(OCC)c2)cc1. The summed E-state index contributed by atoms with van der Waals surface area (Å²) in [7, 11) is 0. The Morgan fingerprint density at radius 1 is 1.03 bits per heavy atom. The zero-order valence-electron chi connectivity index (χ0n) is 19.0. The Hall–Kier alpha value is -2.78. The largest absolute Gasteiger partial charge is 0.494 e. The van der Waals surface area contributed by atoms with Crippen molar-refractivity contribution in [3.05, 3.63) is 85.9 Å². The van der Waals surface area contributed by atoms with Gasteiger partial charge in [-0.1, -0.05) is 30.7 Å². The van der Waals surface area contributed by atoms with Crippen molar-refractivity contribution in [1.29, 1.82) is 0 Å². The molecule has 3 aromatic carbocycles. The summed E-state index contributed by atoms with van der Waals surface area (Å²) in [5.41, 5.74) is 4.69. The van der Waals surface area contributed by atoms with Gasteiger partial charge in [0.1, 0.15) is 12.4 Å². The van der Waals surface area contributed by atoms with Crippen LogP contribution in [0.3, 0.4) is 0 Å². The summed E-state index contributed by atoms with van der Waals surface area (Å²) in [6.45, 7) is 5.37. The van der Waals surface area contributed by atoms with E-state index in [-0.39, 0.29) is 5.91 Å². The van der Waals surface area contributed by atoms with Crippen LogP contribution in [-0.2, 0) is 6.61 Å². The molecule has 1 N–H and O–H groups in total. The van der Waals surface area contributed by atoms with Crippen LogP contribution < -0.4 is 19.6 Å². The molecule has 0 aliphatic rings. The van der Waals surface area contributed by atoms with Gasteiger partial charge in [0.2, 0.25) is 0 Å². The van der Waals surface area contributed by atoms with Crippen LogP contribution in [0.2, 0.25) is 5.02 Å². The molecule has 3 aromatic rings. The molecule has 0 aliphatic carbocycles. The molecule has 1 amide bonds. The Morgan fingerprint density at radius 3 is 2.44 bits per heavy atom. The highest BCUT2D eigenvalue weighted by Gasteiger charge is 2.13. The third-order valence-electron chi connectivity index (χ3n) is 4.60. The van der Waals surface area contributed by atoms with E-state index in [0.717, 1.165) is 21.3 Å². The fraction of sp³-hybridized carbons (Fsp3) is 0.231. The van der Waals surface area contributed by atoms with Crippen LogP contribution in [0.5, 0.6) is 17.2 Å². The maximum Gasteiger partial charge on any atom is 0.271 e. The van der Waals surface area contributed by atoms with Crippen molar-refractivity contribution < 1.29 is 19.0 Å². The molecule has 6 nitrogen and oxygen atoms in total. The zero-order chi connectivity index (χ0) is 24.3. The quantitative estimate of drug-likeness (QED) is 0.157. The maximum atomic E-state index is 12.4. The lowest BCUT2D eigenvalue weighted by Gasteiger charge is -2.14. The second kappa shape index (κ2) is 13.2. The van der Waals surface area contributed by atoms with E-state index < -0.39 is 0 Å². The highest BCUT2D eigenvalue weighted by molar-refractivity contribution is 14.1. The first kappa shape index (κ1) is 25.8. The number of amides is 1. The van der Waals surface area contributed by atoms with Crippen LogP contribution in [0.25, 0.3) is 0 Å². The van der Waals surface area contributed by atoms with Gasteiger partial charge in [0, 0.05) is 9.13 Å². The van der Waals surface area contributed by atoms with E-state index in [1.165, 1.54) is 6.21 Å². The molecule has 0 spiro atoms. The minimum absolute atomic E-state index is 0.327. The molecule has 0 atom stereocenters. The highest BCUT2D eigenvalue weighted by atomic mass is 127. The number of hydrazone groups is 1. The van der Waals surface area contributed by atoms with E-state index in [4.69, 9.17) is 25.8 Å². The van der Waals surface area contributed by atoms with E-state index >= 15 is 0 Å². The summed E-state index contributed by atoms with van der Waals surface area (Å²) in [5.74, 6) is 1.38. The molecule has 34 heavy (non-hydrogen) atoms. The topological polar surface area (TPSA) is 69.2 Å². The van der Waals surface area contributed by atoms with Gasteiger partial charge in [-0.05, 0) is 95.6 Å². The first-order valence-electron chi connectivity index (χ1n) is 10.9. The molecular weight excluding hydrogens is 567 g/mol. The van der Waals surface area contributed by atoms with Crippen LogP contribution in [-0.4, -0.2) is 25.3 Å². The van der Waals surface area contributed by atoms with Gasteiger partial charge in [0.25, 0.3) is 5.91 Å². The van der Waals surface area contributed by atoms with E-state index in [1.807, 2.05) is 38.1 Å². The van der Waals surface area contributed by atoms with Gasteiger partial charge in [0.05, 0.1) is 24.5 Å². The molecule has 0 aliphatic heterocycles. The second-order valence-corrected chi connectivity index (χ2v) is 8.90. The van der Waals surface area contributed by atoms with Crippen molar-refractivity contribution in [3.8, 4) is 17.2 Å². The van der Waals surface area contributed by atoms with E-state index in [9.17, 15) is 4.79 Å². The maximum absolute atomic E-state index is 12.4. The van der Waals surface area contributed by atoms with Gasteiger partial charge in [0.15, 0.2) is 11.5 Å². The normalized spacial score (nSPS) is 10.8. The van der Waals surface area contributed by atoms with Gasteiger partial charge in [-0.3, -0.25) is 4.79 Å². The lowest BCUT2D eigenvalue weighted by atomic mass is 10.2. The predicted molar refractivity (Wildman–Crippen MR) is 143 cm³/mol. The minimum Gasteiger partial charge on any atom is -0.494 e. The Bertz CT molecular complexity index is 1120. The fourth-order valence-corrected chi connectivity index (χ4v) is 3.59. The fourth-order valence-electron chi connectivity index (χ4n) is 2.95. The van der Waals surface area contributed by atoms with Crippen molar-refractivity contribution in [3.63, 3.8) is 0 Å². The van der Waals surface area contributed by atoms with Gasteiger partial charge in [-0.15, -0.1) is 0 Å². The predicted octanol–water partition coefficient (Wildman–Crippen LogP) is 6.48. The van der Waals surface area contributed by atoms with Crippen LogP contribution >= 0.6 is 34.2 Å². The molecule has 0 heterocycles. The minimum atomic E-state index is -0.327. The smallest absolute Gasteiger partial charge is 0.271 e. The first-order valence-corrected chi connectivity index (χ1v) is 12.4.